The number of hydrogen-bond acceptors (Lipinski definition) is 7. The molecule has 2 aromatic heterocycles. The van der Waals surface area contributed by atoms with Gasteiger partial charge in [-0.05, 0) is 42.2 Å². The molecule has 3 heterocycles. The number of thiophene rings is 1. The van der Waals surface area contributed by atoms with E-state index in [-0.39, 0.29) is 30.6 Å². The van der Waals surface area contributed by atoms with Crippen LogP contribution in [-0.4, -0.2) is 34.6 Å². The molecule has 0 unspecified atom stereocenters. The zero-order valence-electron chi connectivity index (χ0n) is 20.0. The number of nitriles is 1. The van der Waals surface area contributed by atoms with E-state index in [1.54, 1.807) is 28.8 Å². The van der Waals surface area contributed by atoms with Crippen LogP contribution in [0.1, 0.15) is 39.2 Å². The molecule has 188 valence electrons. The van der Waals surface area contributed by atoms with Crippen molar-refractivity contribution in [3.8, 4) is 6.07 Å². The molecule has 3 N–H and O–H groups in total. The lowest BCUT2D eigenvalue weighted by atomic mass is 10.1. The molecule has 1 amide bonds. The first-order valence-corrected chi connectivity index (χ1v) is 13.2. The van der Waals surface area contributed by atoms with Gasteiger partial charge in [-0.1, -0.05) is 48.0 Å². The van der Waals surface area contributed by atoms with E-state index in [9.17, 15) is 14.9 Å². The van der Waals surface area contributed by atoms with Crippen LogP contribution >= 0.6 is 22.9 Å². The van der Waals surface area contributed by atoms with Crippen LogP contribution in [0.5, 0.6) is 0 Å². The highest BCUT2D eigenvalue weighted by atomic mass is 35.5. The number of carbonyl (C=O) groups is 1. The molecular formula is C27H25ClN6O2S. The molecule has 0 aliphatic carbocycles. The topological polar surface area (TPSA) is 117 Å². The molecule has 0 spiro atoms. The van der Waals surface area contributed by atoms with Crippen LogP contribution < -0.4 is 21.5 Å². The number of nitrogens with one attached hydrogen (secondary N) is 1. The lowest BCUT2D eigenvalue weighted by Gasteiger charge is -2.33. The zero-order chi connectivity index (χ0) is 25.9. The van der Waals surface area contributed by atoms with Gasteiger partial charge in [0, 0.05) is 30.7 Å². The summed E-state index contributed by atoms with van der Waals surface area (Å²) in [6.07, 6.45) is 1.80. The van der Waals surface area contributed by atoms with Gasteiger partial charge in [0.25, 0.3) is 11.5 Å². The molecule has 10 heteroatoms. The summed E-state index contributed by atoms with van der Waals surface area (Å²) in [6.45, 7) is 1.76. The van der Waals surface area contributed by atoms with Crippen LogP contribution in [0.2, 0.25) is 5.02 Å². The SMILES string of the molecule is N#Cc1ccccc1Cn1c(N2CCC[C@@H](N)C2)nc2cc(C(=O)NCc3ccccc3Cl)sc2c1=O. The van der Waals surface area contributed by atoms with Crippen molar-refractivity contribution in [2.45, 2.75) is 32.0 Å². The van der Waals surface area contributed by atoms with Crippen molar-refractivity contribution in [3.63, 3.8) is 0 Å². The lowest BCUT2D eigenvalue weighted by Crippen LogP contribution is -2.45. The summed E-state index contributed by atoms with van der Waals surface area (Å²) in [5, 5.41) is 13.0. The zero-order valence-corrected chi connectivity index (χ0v) is 21.6. The monoisotopic (exact) mass is 532 g/mol. The Balaban J connectivity index is 1.53. The molecule has 2 aromatic carbocycles. The fraction of sp³-hybridized carbons (Fsp3) is 0.259. The van der Waals surface area contributed by atoms with Crippen molar-refractivity contribution in [1.29, 1.82) is 5.26 Å². The highest BCUT2D eigenvalue weighted by Crippen LogP contribution is 2.26. The number of anilines is 1. The van der Waals surface area contributed by atoms with Gasteiger partial charge < -0.3 is 16.0 Å². The van der Waals surface area contributed by atoms with Crippen molar-refractivity contribution >= 4 is 45.0 Å². The molecule has 1 atom stereocenters. The number of piperidine rings is 1. The van der Waals surface area contributed by atoms with Gasteiger partial charge in [-0.3, -0.25) is 14.2 Å². The summed E-state index contributed by atoms with van der Waals surface area (Å²) in [4.78, 5) is 34.0. The minimum atomic E-state index is -0.301. The Morgan fingerprint density at radius 1 is 1.22 bits per heavy atom. The van der Waals surface area contributed by atoms with E-state index in [4.69, 9.17) is 22.3 Å². The van der Waals surface area contributed by atoms with Gasteiger partial charge in [-0.2, -0.15) is 5.26 Å². The van der Waals surface area contributed by atoms with Crippen LogP contribution in [0.3, 0.4) is 0 Å². The maximum atomic E-state index is 13.8. The van der Waals surface area contributed by atoms with E-state index in [1.165, 1.54) is 0 Å². The molecule has 0 saturated carbocycles. The second kappa shape index (κ2) is 10.7. The summed E-state index contributed by atoms with van der Waals surface area (Å²) >= 11 is 7.32. The van der Waals surface area contributed by atoms with E-state index >= 15 is 0 Å². The molecule has 1 fully saturated rings. The lowest BCUT2D eigenvalue weighted by molar-refractivity contribution is 0.0955. The smallest absolute Gasteiger partial charge is 0.273 e. The average molecular weight is 533 g/mol. The van der Waals surface area contributed by atoms with E-state index in [0.29, 0.717) is 38.2 Å². The van der Waals surface area contributed by atoms with Crippen LogP contribution in [0.4, 0.5) is 5.95 Å². The molecule has 5 rings (SSSR count). The Morgan fingerprint density at radius 3 is 2.73 bits per heavy atom. The number of fused-ring (bicyclic) bond motifs is 1. The first-order chi connectivity index (χ1) is 17.9. The number of amides is 1. The highest BCUT2D eigenvalue weighted by molar-refractivity contribution is 7.20. The molecule has 4 aromatic rings. The average Bonchev–Trinajstić information content (AvgIpc) is 3.34. The van der Waals surface area contributed by atoms with Crippen LogP contribution in [0.15, 0.2) is 59.4 Å². The van der Waals surface area contributed by atoms with Gasteiger partial charge >= 0.3 is 0 Å². The molecule has 1 aliphatic heterocycles. The van der Waals surface area contributed by atoms with E-state index in [2.05, 4.69) is 11.4 Å². The minimum Gasteiger partial charge on any atom is -0.347 e. The van der Waals surface area contributed by atoms with Crippen LogP contribution in [0, 0.1) is 11.3 Å². The maximum Gasteiger partial charge on any atom is 0.273 e. The summed E-state index contributed by atoms with van der Waals surface area (Å²) < 4.78 is 1.99. The molecule has 8 nitrogen and oxygen atoms in total. The molecule has 37 heavy (non-hydrogen) atoms. The Hall–Kier alpha value is -3.71. The molecule has 0 radical (unpaired) electrons. The molecule has 0 bridgehead atoms. The summed E-state index contributed by atoms with van der Waals surface area (Å²) in [6, 6.07) is 18.4. The Labute approximate surface area is 222 Å². The van der Waals surface area contributed by atoms with Gasteiger partial charge in [-0.15, -0.1) is 11.3 Å². The Kier molecular flexibility index (Phi) is 7.24. The summed E-state index contributed by atoms with van der Waals surface area (Å²) in [5.74, 6) is 0.200. The Morgan fingerprint density at radius 2 is 1.97 bits per heavy atom. The number of rotatable bonds is 6. The van der Waals surface area contributed by atoms with Gasteiger partial charge in [0.05, 0.1) is 28.6 Å². The predicted molar refractivity (Wildman–Crippen MR) is 146 cm³/mol. The second-order valence-electron chi connectivity index (χ2n) is 9.02. The van der Waals surface area contributed by atoms with Gasteiger partial charge in [0.2, 0.25) is 5.95 Å². The third kappa shape index (κ3) is 5.23. The van der Waals surface area contributed by atoms with Crippen molar-refractivity contribution in [2.75, 3.05) is 18.0 Å². The number of hydrogen-bond donors (Lipinski definition) is 2. The predicted octanol–water partition coefficient (Wildman–Crippen LogP) is 3.89. The third-order valence-corrected chi connectivity index (χ3v) is 7.92. The standard InChI is InChI=1S/C27H25ClN6O2S/c28-21-10-4-3-7-18(21)14-31-25(35)23-12-22-24(37-23)26(36)34(15-19-8-2-1-6-17(19)13-29)27(32-22)33-11-5-9-20(30)16-33/h1-4,6-8,10,12,20H,5,9,11,14-16,30H2,(H,31,35)/t20-/m1/s1. The van der Waals surface area contributed by atoms with Gasteiger partial charge in [-0.25, -0.2) is 4.98 Å². The number of carbonyl (C=O) groups excluding carboxylic acids is 1. The van der Waals surface area contributed by atoms with Crippen molar-refractivity contribution < 1.29 is 4.79 Å². The first kappa shape index (κ1) is 25.0. The number of aromatic nitrogens is 2. The van der Waals surface area contributed by atoms with Crippen LogP contribution in [-0.2, 0) is 13.1 Å². The number of benzene rings is 2. The first-order valence-electron chi connectivity index (χ1n) is 12.0. The Bertz CT molecular complexity index is 1570. The van der Waals surface area contributed by atoms with E-state index in [1.807, 2.05) is 35.2 Å². The fourth-order valence-corrected chi connectivity index (χ4v) is 5.69. The van der Waals surface area contributed by atoms with Crippen molar-refractivity contribution in [2.24, 2.45) is 5.73 Å². The van der Waals surface area contributed by atoms with Gasteiger partial charge in [0.1, 0.15) is 4.70 Å². The molecule has 1 saturated heterocycles. The second-order valence-corrected chi connectivity index (χ2v) is 10.5. The number of halogens is 1. The minimum absolute atomic E-state index is 0.0187. The quantitative estimate of drug-likeness (QED) is 0.389. The van der Waals surface area contributed by atoms with Crippen molar-refractivity contribution in [1.82, 2.24) is 14.9 Å². The number of nitrogens with two attached hydrogens (primary N) is 1. The highest BCUT2D eigenvalue weighted by Gasteiger charge is 2.24. The largest absolute Gasteiger partial charge is 0.347 e. The summed E-state index contributed by atoms with van der Waals surface area (Å²) in [5.41, 5.74) is 8.49. The van der Waals surface area contributed by atoms with Crippen molar-refractivity contribution in [3.05, 3.63) is 91.5 Å². The normalized spacial score (nSPS) is 15.5. The van der Waals surface area contributed by atoms with Crippen LogP contribution in [0.25, 0.3) is 10.2 Å². The maximum absolute atomic E-state index is 13.8. The third-order valence-electron chi connectivity index (χ3n) is 6.44. The number of nitrogens with zero attached hydrogens (tertiary/aromatic N) is 4. The molecular weight excluding hydrogens is 508 g/mol. The van der Waals surface area contributed by atoms with Gasteiger partial charge in [0.15, 0.2) is 0 Å². The van der Waals surface area contributed by atoms with E-state index in [0.717, 1.165) is 41.9 Å². The fourth-order valence-electron chi connectivity index (χ4n) is 4.53. The molecule has 1 aliphatic rings. The summed E-state index contributed by atoms with van der Waals surface area (Å²) in [7, 11) is 0. The van der Waals surface area contributed by atoms with E-state index < -0.39 is 0 Å².